The molecule has 0 aromatic carbocycles. The first-order chi connectivity index (χ1) is 9.43. The summed E-state index contributed by atoms with van der Waals surface area (Å²) in [6.45, 7) is 0.0557. The molecule has 0 unspecified atom stereocenters. The molecule has 0 radical (unpaired) electrons. The van der Waals surface area contributed by atoms with Gasteiger partial charge in [-0.3, -0.25) is 4.98 Å². The van der Waals surface area contributed by atoms with E-state index in [4.69, 9.17) is 5.11 Å². The summed E-state index contributed by atoms with van der Waals surface area (Å²) in [5.74, 6) is -1.36. The number of nitrogens with zero attached hydrogens (tertiary/aromatic N) is 3. The normalized spacial score (nSPS) is 11.7. The lowest BCUT2D eigenvalue weighted by molar-refractivity contribution is 0.0687. The molecular formula is C11H11N3O4S2. The van der Waals surface area contributed by atoms with Crippen molar-refractivity contribution in [2.45, 2.75) is 10.8 Å². The molecule has 7 nitrogen and oxygen atoms in total. The number of thiazole rings is 1. The first kappa shape index (κ1) is 14.6. The zero-order valence-corrected chi connectivity index (χ0v) is 12.1. The average Bonchev–Trinajstić information content (AvgIpc) is 2.89. The Morgan fingerprint density at radius 2 is 2.15 bits per heavy atom. The Bertz CT molecular complexity index is 712. The van der Waals surface area contributed by atoms with Crippen LogP contribution in [-0.2, 0) is 16.6 Å². The zero-order chi connectivity index (χ0) is 14.8. The summed E-state index contributed by atoms with van der Waals surface area (Å²) in [5.41, 5.74) is 1.31. The third-order valence-electron chi connectivity index (χ3n) is 2.49. The lowest BCUT2D eigenvalue weighted by atomic mass is 10.3. The molecule has 0 atom stereocenters. The van der Waals surface area contributed by atoms with E-state index in [9.17, 15) is 13.2 Å². The molecule has 1 N–H and O–H groups in total. The highest BCUT2D eigenvalue weighted by Gasteiger charge is 2.29. The van der Waals surface area contributed by atoms with Crippen LogP contribution in [0.5, 0.6) is 0 Å². The van der Waals surface area contributed by atoms with Crippen LogP contribution in [0, 0.1) is 0 Å². The minimum atomic E-state index is -3.90. The second-order valence-electron chi connectivity index (χ2n) is 3.88. The monoisotopic (exact) mass is 313 g/mol. The molecule has 2 aromatic heterocycles. The van der Waals surface area contributed by atoms with Crippen molar-refractivity contribution in [3.63, 3.8) is 0 Å². The molecule has 20 heavy (non-hydrogen) atoms. The number of aromatic carboxylic acids is 1. The Kier molecular flexibility index (Phi) is 4.12. The van der Waals surface area contributed by atoms with Crippen molar-refractivity contribution in [1.82, 2.24) is 14.3 Å². The number of pyridine rings is 1. The highest BCUT2D eigenvalue weighted by molar-refractivity contribution is 7.91. The molecule has 0 amide bonds. The maximum atomic E-state index is 12.3. The fraction of sp³-hybridized carbons (Fsp3) is 0.182. The van der Waals surface area contributed by atoms with Crippen LogP contribution in [-0.4, -0.2) is 40.8 Å². The lowest BCUT2D eigenvalue weighted by Crippen LogP contribution is -2.27. The Hall–Kier alpha value is -1.84. The Morgan fingerprint density at radius 1 is 1.40 bits per heavy atom. The molecule has 2 rings (SSSR count). The number of rotatable bonds is 5. The number of carbonyl (C=O) groups is 1. The molecule has 0 aliphatic rings. The molecular weight excluding hydrogens is 302 g/mol. The van der Waals surface area contributed by atoms with Gasteiger partial charge in [0.05, 0.1) is 17.7 Å². The first-order valence-electron chi connectivity index (χ1n) is 5.46. The van der Waals surface area contributed by atoms with Gasteiger partial charge in [-0.1, -0.05) is 6.07 Å². The van der Waals surface area contributed by atoms with Gasteiger partial charge >= 0.3 is 5.97 Å². The molecule has 0 saturated heterocycles. The third-order valence-corrected chi connectivity index (χ3v) is 5.64. The van der Waals surface area contributed by atoms with Crippen LogP contribution in [0.15, 0.2) is 34.1 Å². The molecule has 0 aliphatic heterocycles. The van der Waals surface area contributed by atoms with Crippen molar-refractivity contribution in [3.05, 3.63) is 41.3 Å². The lowest BCUT2D eigenvalue weighted by Gasteiger charge is -2.15. The van der Waals surface area contributed by atoms with Gasteiger partial charge in [0, 0.05) is 13.2 Å². The maximum Gasteiger partial charge on any atom is 0.356 e. The minimum Gasteiger partial charge on any atom is -0.476 e. The predicted molar refractivity (Wildman–Crippen MR) is 72.0 cm³/mol. The standard InChI is InChI=1S/C11H11N3O4S2/c1-14(6-8-4-2-3-5-12-8)20(17,18)11-9(10(15)16)13-7-19-11/h2-5,7H,6H2,1H3,(H,15,16). The van der Waals surface area contributed by atoms with Crippen LogP contribution in [0.1, 0.15) is 16.2 Å². The van der Waals surface area contributed by atoms with E-state index in [1.807, 2.05) is 0 Å². The number of aromatic nitrogens is 2. The number of carboxylic acids is 1. The van der Waals surface area contributed by atoms with E-state index in [-0.39, 0.29) is 10.8 Å². The van der Waals surface area contributed by atoms with Crippen molar-refractivity contribution in [1.29, 1.82) is 0 Å². The second-order valence-corrected chi connectivity index (χ2v) is 6.97. The van der Waals surface area contributed by atoms with Gasteiger partial charge in [0.2, 0.25) is 0 Å². The summed E-state index contributed by atoms with van der Waals surface area (Å²) in [7, 11) is -2.53. The summed E-state index contributed by atoms with van der Waals surface area (Å²) in [4.78, 5) is 18.6. The Labute approximate surface area is 119 Å². The molecule has 9 heteroatoms. The fourth-order valence-electron chi connectivity index (χ4n) is 1.51. The SMILES string of the molecule is CN(Cc1ccccn1)S(=O)(=O)c1scnc1C(=O)O. The number of sulfonamides is 1. The van der Waals surface area contributed by atoms with Crippen molar-refractivity contribution >= 4 is 27.3 Å². The van der Waals surface area contributed by atoms with Gasteiger partial charge in [-0.15, -0.1) is 11.3 Å². The molecule has 0 aliphatic carbocycles. The van der Waals surface area contributed by atoms with Crippen LogP contribution in [0.2, 0.25) is 0 Å². The molecule has 2 heterocycles. The molecule has 0 fully saturated rings. The van der Waals surface area contributed by atoms with Gasteiger partial charge in [0.25, 0.3) is 10.0 Å². The van der Waals surface area contributed by atoms with Gasteiger partial charge in [0.15, 0.2) is 9.90 Å². The first-order valence-corrected chi connectivity index (χ1v) is 7.78. The van der Waals surface area contributed by atoms with E-state index in [2.05, 4.69) is 9.97 Å². The number of hydrogen-bond donors (Lipinski definition) is 1. The minimum absolute atomic E-state index is 0.0557. The molecule has 0 bridgehead atoms. The molecule has 2 aromatic rings. The van der Waals surface area contributed by atoms with Gasteiger partial charge < -0.3 is 5.11 Å². The van der Waals surface area contributed by atoms with Crippen LogP contribution < -0.4 is 0 Å². The Balaban J connectivity index is 2.30. The van der Waals surface area contributed by atoms with Crippen LogP contribution in [0.4, 0.5) is 0 Å². The zero-order valence-electron chi connectivity index (χ0n) is 10.4. The second kappa shape index (κ2) is 5.65. The van der Waals surface area contributed by atoms with Crippen molar-refractivity contribution in [2.24, 2.45) is 0 Å². The van der Waals surface area contributed by atoms with Crippen molar-refractivity contribution in [3.8, 4) is 0 Å². The molecule has 106 valence electrons. The van der Waals surface area contributed by atoms with Gasteiger partial charge in [-0.25, -0.2) is 18.2 Å². The molecule has 0 saturated carbocycles. The third kappa shape index (κ3) is 2.84. The van der Waals surface area contributed by atoms with Gasteiger partial charge in [0.1, 0.15) is 0 Å². The summed E-state index contributed by atoms with van der Waals surface area (Å²) in [6, 6.07) is 5.17. The Morgan fingerprint density at radius 3 is 2.75 bits per heavy atom. The van der Waals surface area contributed by atoms with E-state index in [0.29, 0.717) is 5.69 Å². The summed E-state index contributed by atoms with van der Waals surface area (Å²) >= 11 is 0.782. The fourth-order valence-corrected chi connectivity index (χ4v) is 3.98. The van der Waals surface area contributed by atoms with Crippen molar-refractivity contribution in [2.75, 3.05) is 7.05 Å². The van der Waals surface area contributed by atoms with Gasteiger partial charge in [-0.05, 0) is 12.1 Å². The van der Waals surface area contributed by atoms with E-state index < -0.39 is 21.7 Å². The predicted octanol–water partition coefficient (Wildman–Crippen LogP) is 1.06. The number of carboxylic acid groups (broad SMARTS) is 1. The van der Waals surface area contributed by atoms with Crippen molar-refractivity contribution < 1.29 is 18.3 Å². The smallest absolute Gasteiger partial charge is 0.356 e. The summed E-state index contributed by atoms with van der Waals surface area (Å²) in [6.07, 6.45) is 1.56. The average molecular weight is 313 g/mol. The van der Waals surface area contributed by atoms with E-state index >= 15 is 0 Å². The topological polar surface area (TPSA) is 100 Å². The van der Waals surface area contributed by atoms with Crippen LogP contribution in [0.25, 0.3) is 0 Å². The van der Waals surface area contributed by atoms with E-state index in [1.165, 1.54) is 12.6 Å². The summed E-state index contributed by atoms with van der Waals surface area (Å²) in [5, 5.41) is 8.94. The molecule has 0 spiro atoms. The van der Waals surface area contributed by atoms with E-state index in [1.54, 1.807) is 24.4 Å². The maximum absolute atomic E-state index is 12.3. The van der Waals surface area contributed by atoms with E-state index in [0.717, 1.165) is 15.6 Å². The highest BCUT2D eigenvalue weighted by Crippen LogP contribution is 2.24. The summed E-state index contributed by atoms with van der Waals surface area (Å²) < 4.78 is 25.4. The van der Waals surface area contributed by atoms with Crippen LogP contribution >= 0.6 is 11.3 Å². The van der Waals surface area contributed by atoms with Crippen LogP contribution in [0.3, 0.4) is 0 Å². The highest BCUT2D eigenvalue weighted by atomic mass is 32.2. The largest absolute Gasteiger partial charge is 0.476 e. The number of hydrogen-bond acceptors (Lipinski definition) is 6. The quantitative estimate of drug-likeness (QED) is 0.885. The van der Waals surface area contributed by atoms with Gasteiger partial charge in [-0.2, -0.15) is 4.31 Å².